The average molecular weight is 501 g/mol. The molecular weight excluding hydrogens is 472 g/mol. The molecule has 1 fully saturated rings. The molecular formula is C29H28N2O6. The summed E-state index contributed by atoms with van der Waals surface area (Å²) in [4.78, 5) is 30.5. The number of aromatic hydroxyl groups is 3. The molecule has 3 N–H and O–H groups in total. The van der Waals surface area contributed by atoms with E-state index in [1.807, 2.05) is 25.2 Å². The molecule has 1 aliphatic heterocycles. The maximum absolute atomic E-state index is 13.4. The second-order valence-corrected chi connectivity index (χ2v) is 9.41. The number of carbonyl (C=O) groups excluding carboxylic acids is 1. The van der Waals surface area contributed by atoms with Crippen molar-refractivity contribution in [3.8, 4) is 28.6 Å². The third kappa shape index (κ3) is 4.88. The molecule has 1 atom stereocenters. The zero-order valence-electron chi connectivity index (χ0n) is 20.4. The van der Waals surface area contributed by atoms with E-state index in [1.165, 1.54) is 18.2 Å². The van der Waals surface area contributed by atoms with Crippen molar-refractivity contribution in [2.45, 2.75) is 12.3 Å². The molecule has 190 valence electrons. The van der Waals surface area contributed by atoms with Crippen LogP contribution in [0.2, 0.25) is 0 Å². The maximum Gasteiger partial charge on any atom is 0.223 e. The lowest BCUT2D eigenvalue weighted by atomic mass is 9.85. The first-order valence-electron chi connectivity index (χ1n) is 12.1. The molecule has 3 aromatic carbocycles. The number of hydrogen-bond donors (Lipinski definition) is 3. The van der Waals surface area contributed by atoms with E-state index in [1.54, 1.807) is 29.2 Å². The maximum atomic E-state index is 13.4. The van der Waals surface area contributed by atoms with Crippen LogP contribution in [0.15, 0.2) is 75.9 Å². The molecule has 8 nitrogen and oxygen atoms in total. The number of amides is 1. The minimum atomic E-state index is -0.753. The Morgan fingerprint density at radius 3 is 2.35 bits per heavy atom. The summed E-state index contributed by atoms with van der Waals surface area (Å²) in [7, 11) is 2.00. The number of phenols is 3. The molecule has 1 amide bonds. The monoisotopic (exact) mass is 500 g/mol. The summed E-state index contributed by atoms with van der Waals surface area (Å²) < 4.78 is 6.18. The minimum absolute atomic E-state index is 0.00312. The predicted octanol–water partition coefficient (Wildman–Crippen LogP) is 3.87. The van der Waals surface area contributed by atoms with Gasteiger partial charge >= 0.3 is 0 Å². The number of rotatable bonds is 5. The van der Waals surface area contributed by atoms with Crippen LogP contribution < -0.4 is 5.43 Å². The van der Waals surface area contributed by atoms with Crippen molar-refractivity contribution >= 4 is 16.9 Å². The highest BCUT2D eigenvalue weighted by Crippen LogP contribution is 2.43. The molecule has 5 rings (SSSR count). The zero-order chi connectivity index (χ0) is 26.1. The SMILES string of the molecule is CN1CCN(C(=O)C[C@H](c2cccc(O)c2)c2c(O)cc(O)c3c(=O)cc(-c4ccccc4)oc23)CC1. The smallest absolute Gasteiger partial charge is 0.223 e. The number of hydrogen-bond acceptors (Lipinski definition) is 7. The quantitative estimate of drug-likeness (QED) is 0.381. The largest absolute Gasteiger partial charge is 0.508 e. The Labute approximate surface area is 213 Å². The van der Waals surface area contributed by atoms with Gasteiger partial charge in [-0.25, -0.2) is 0 Å². The van der Waals surface area contributed by atoms with E-state index in [2.05, 4.69) is 4.90 Å². The van der Waals surface area contributed by atoms with E-state index in [0.29, 0.717) is 24.2 Å². The molecule has 0 aliphatic carbocycles. The number of benzene rings is 3. The molecule has 1 aliphatic rings. The summed E-state index contributed by atoms with van der Waals surface area (Å²) in [6.07, 6.45) is -0.0279. The van der Waals surface area contributed by atoms with Gasteiger partial charge < -0.3 is 29.5 Å². The third-order valence-electron chi connectivity index (χ3n) is 6.91. The first-order valence-corrected chi connectivity index (χ1v) is 12.1. The van der Waals surface area contributed by atoms with Gasteiger partial charge in [-0.05, 0) is 24.7 Å². The molecule has 37 heavy (non-hydrogen) atoms. The van der Waals surface area contributed by atoms with Gasteiger partial charge in [0.2, 0.25) is 5.91 Å². The minimum Gasteiger partial charge on any atom is -0.508 e. The van der Waals surface area contributed by atoms with Crippen molar-refractivity contribution in [3.05, 3.63) is 88.1 Å². The highest BCUT2D eigenvalue weighted by Gasteiger charge is 2.30. The summed E-state index contributed by atoms with van der Waals surface area (Å²) in [6.45, 7) is 2.67. The van der Waals surface area contributed by atoms with E-state index in [-0.39, 0.29) is 46.1 Å². The van der Waals surface area contributed by atoms with Crippen LogP contribution in [0.5, 0.6) is 17.2 Å². The number of fused-ring (bicyclic) bond motifs is 1. The predicted molar refractivity (Wildman–Crippen MR) is 140 cm³/mol. The molecule has 0 radical (unpaired) electrons. The lowest BCUT2D eigenvalue weighted by Crippen LogP contribution is -2.47. The van der Waals surface area contributed by atoms with Crippen LogP contribution in [-0.4, -0.2) is 64.3 Å². The van der Waals surface area contributed by atoms with Gasteiger partial charge in [-0.1, -0.05) is 42.5 Å². The van der Waals surface area contributed by atoms with E-state index in [4.69, 9.17) is 4.42 Å². The van der Waals surface area contributed by atoms with Crippen molar-refractivity contribution in [1.82, 2.24) is 9.80 Å². The fraction of sp³-hybridized carbons (Fsp3) is 0.241. The molecule has 8 heteroatoms. The highest BCUT2D eigenvalue weighted by molar-refractivity contribution is 5.91. The van der Waals surface area contributed by atoms with Crippen LogP contribution in [0.3, 0.4) is 0 Å². The lowest BCUT2D eigenvalue weighted by molar-refractivity contribution is -0.133. The van der Waals surface area contributed by atoms with Gasteiger partial charge in [-0.3, -0.25) is 9.59 Å². The fourth-order valence-electron chi connectivity index (χ4n) is 4.89. The van der Waals surface area contributed by atoms with Crippen LogP contribution in [-0.2, 0) is 4.79 Å². The third-order valence-corrected chi connectivity index (χ3v) is 6.91. The van der Waals surface area contributed by atoms with Crippen molar-refractivity contribution < 1.29 is 24.5 Å². The van der Waals surface area contributed by atoms with Crippen LogP contribution in [0, 0.1) is 0 Å². The van der Waals surface area contributed by atoms with Crippen molar-refractivity contribution in [2.75, 3.05) is 33.2 Å². The van der Waals surface area contributed by atoms with Crippen LogP contribution in [0.25, 0.3) is 22.3 Å². The van der Waals surface area contributed by atoms with Gasteiger partial charge in [0, 0.05) is 61.8 Å². The molecule has 0 saturated carbocycles. The first-order chi connectivity index (χ1) is 17.8. The normalized spacial score (nSPS) is 15.1. The Bertz CT molecular complexity index is 1510. The van der Waals surface area contributed by atoms with E-state index in [0.717, 1.165) is 19.2 Å². The van der Waals surface area contributed by atoms with Crippen LogP contribution >= 0.6 is 0 Å². The summed E-state index contributed by atoms with van der Waals surface area (Å²) in [5.41, 5.74) is 0.952. The van der Waals surface area contributed by atoms with Crippen LogP contribution in [0.4, 0.5) is 0 Å². The van der Waals surface area contributed by atoms with Gasteiger partial charge in [0.1, 0.15) is 34.0 Å². The molecule has 0 unspecified atom stereocenters. The van der Waals surface area contributed by atoms with Gasteiger partial charge in [0.15, 0.2) is 5.43 Å². The molecule has 1 saturated heterocycles. The Morgan fingerprint density at radius 1 is 0.919 bits per heavy atom. The van der Waals surface area contributed by atoms with Crippen molar-refractivity contribution in [3.63, 3.8) is 0 Å². The Hall–Kier alpha value is -4.30. The number of nitrogens with zero attached hydrogens (tertiary/aromatic N) is 2. The van der Waals surface area contributed by atoms with E-state index < -0.39 is 17.1 Å². The Morgan fingerprint density at radius 2 is 1.65 bits per heavy atom. The number of phenolic OH excluding ortho intramolecular Hbond substituents is 3. The van der Waals surface area contributed by atoms with Crippen molar-refractivity contribution in [2.24, 2.45) is 0 Å². The van der Waals surface area contributed by atoms with E-state index >= 15 is 0 Å². The second kappa shape index (κ2) is 9.99. The first kappa shape index (κ1) is 24.4. The van der Waals surface area contributed by atoms with E-state index in [9.17, 15) is 24.9 Å². The molecule has 0 spiro atoms. The number of carbonyl (C=O) groups is 1. The van der Waals surface area contributed by atoms with Gasteiger partial charge in [0.05, 0.1) is 0 Å². The zero-order valence-corrected chi connectivity index (χ0v) is 20.4. The molecule has 0 bridgehead atoms. The van der Waals surface area contributed by atoms with Gasteiger partial charge in [-0.15, -0.1) is 0 Å². The summed E-state index contributed by atoms with van der Waals surface area (Å²) in [5, 5.41) is 31.8. The second-order valence-electron chi connectivity index (χ2n) is 9.41. The summed E-state index contributed by atoms with van der Waals surface area (Å²) in [5.74, 6) is -1.32. The number of piperazine rings is 1. The summed E-state index contributed by atoms with van der Waals surface area (Å²) >= 11 is 0. The number of likely N-dealkylation sites (N-methyl/N-ethyl adjacent to an activating group) is 1. The summed E-state index contributed by atoms with van der Waals surface area (Å²) in [6, 6.07) is 17.9. The lowest BCUT2D eigenvalue weighted by Gasteiger charge is -2.33. The molecule has 1 aromatic heterocycles. The molecule has 4 aromatic rings. The standard InChI is InChI=1S/C29H28N2O6/c1-30-10-12-31(13-11-30)26(36)15-21(19-8-5-9-20(32)14-19)27-22(33)16-23(34)28-24(35)17-25(37-29(27)28)18-6-3-2-4-7-18/h2-9,14,16-17,21,32-34H,10-13,15H2,1H3/t21-/m1/s1. The van der Waals surface area contributed by atoms with Gasteiger partial charge in [0.25, 0.3) is 0 Å². The fourth-order valence-corrected chi connectivity index (χ4v) is 4.89. The van der Waals surface area contributed by atoms with Gasteiger partial charge in [-0.2, -0.15) is 0 Å². The Kier molecular flexibility index (Phi) is 6.58. The highest BCUT2D eigenvalue weighted by atomic mass is 16.3. The molecule has 2 heterocycles. The average Bonchev–Trinajstić information content (AvgIpc) is 2.88. The Balaban J connectivity index is 1.70. The van der Waals surface area contributed by atoms with Crippen molar-refractivity contribution in [1.29, 1.82) is 0 Å². The van der Waals surface area contributed by atoms with Crippen LogP contribution in [0.1, 0.15) is 23.5 Å². The topological polar surface area (TPSA) is 114 Å².